The molecule has 17 heteroatoms. The Bertz CT molecular complexity index is 3070. The van der Waals surface area contributed by atoms with Crippen LogP contribution in [-0.2, 0) is 0 Å². The van der Waals surface area contributed by atoms with Crippen LogP contribution in [0.5, 0.6) is 93.0 Å². The molecular weight excluding hydrogens is 989 g/mol. The van der Waals surface area contributed by atoms with Crippen molar-refractivity contribution < 1.29 is 37.9 Å². The second kappa shape index (κ2) is 21.7. The van der Waals surface area contributed by atoms with E-state index in [1.807, 2.05) is 243 Å². The van der Waals surface area contributed by atoms with Gasteiger partial charge in [-0.1, -0.05) is 146 Å². The van der Waals surface area contributed by atoms with Crippen molar-refractivity contribution >= 4 is 28.8 Å². The Morgan fingerprint density at radius 1 is 0.208 bits per heavy atom. The third-order valence-electron chi connectivity index (χ3n) is 12.0. The van der Waals surface area contributed by atoms with Crippen LogP contribution in [0.4, 0.5) is 0 Å². The lowest BCUT2D eigenvalue weighted by molar-refractivity contribution is 0.461. The van der Waals surface area contributed by atoms with Crippen LogP contribution < -0.4 is 58.6 Å². The summed E-state index contributed by atoms with van der Waals surface area (Å²) in [7, 11) is -5.05. The summed E-state index contributed by atoms with van der Waals surface area (Å²) in [5, 5.41) is 34.2. The Balaban J connectivity index is 1.30. The second-order valence-corrected chi connectivity index (χ2v) is 20.5. The van der Waals surface area contributed by atoms with E-state index in [0.717, 1.165) is 0 Å². The first-order valence-corrected chi connectivity index (χ1v) is 26.3. The van der Waals surface area contributed by atoms with Crippen molar-refractivity contribution in [3.05, 3.63) is 243 Å². The summed E-state index contributed by atoms with van der Waals surface area (Å²) >= 11 is 0. The zero-order chi connectivity index (χ0) is 51.6. The molecule has 0 atom stereocenters. The van der Waals surface area contributed by atoms with E-state index in [2.05, 4.69) is 20.4 Å². The Morgan fingerprint density at radius 3 is 0.532 bits per heavy atom. The molecule has 12 rings (SSSR count). The predicted octanol–water partition coefficient (Wildman–Crippen LogP) is 12.3. The summed E-state index contributed by atoms with van der Waals surface area (Å²) in [6.07, 6.45) is 0. The van der Waals surface area contributed by atoms with E-state index in [9.17, 15) is 0 Å². The minimum absolute atomic E-state index is 0.0429. The van der Waals surface area contributed by atoms with Crippen LogP contribution >= 0.6 is 0 Å². The maximum atomic E-state index is 7.08. The molecule has 0 fully saturated rings. The number of aromatic nitrogens is 8. The minimum atomic E-state index is -5.05. The number of nitrogens with one attached hydrogen (secondary N) is 4. The number of aromatic amines is 4. The van der Waals surface area contributed by atoms with Gasteiger partial charge < -0.3 is 37.9 Å². The molecule has 0 aliphatic carbocycles. The zero-order valence-electron chi connectivity index (χ0n) is 40.6. The summed E-state index contributed by atoms with van der Waals surface area (Å²) in [5.74, 6) is 4.15. The highest BCUT2D eigenvalue weighted by Crippen LogP contribution is 2.41. The molecule has 0 spiro atoms. The Labute approximate surface area is 441 Å². The third-order valence-corrected chi connectivity index (χ3v) is 16.7. The van der Waals surface area contributed by atoms with E-state index in [0.29, 0.717) is 46.0 Å². The fraction of sp³-hybridized carbons (Fsp3) is 0. The van der Waals surface area contributed by atoms with Crippen LogP contribution in [0.3, 0.4) is 0 Å². The van der Waals surface area contributed by atoms with Gasteiger partial charge in [-0.3, -0.25) is 0 Å². The van der Waals surface area contributed by atoms with Crippen LogP contribution in [0.25, 0.3) is 0 Å². The average molecular weight is 1030 g/mol. The summed E-state index contributed by atoms with van der Waals surface area (Å²) < 4.78 is 56.5. The van der Waals surface area contributed by atoms with Gasteiger partial charge in [-0.2, -0.15) is 0 Å². The second-order valence-electron chi connectivity index (χ2n) is 17.0. The molecule has 0 aliphatic rings. The van der Waals surface area contributed by atoms with Crippen LogP contribution in [0, 0.1) is 0 Å². The summed E-state index contributed by atoms with van der Waals surface area (Å²) in [6, 6.07) is 74.2. The lowest BCUT2D eigenvalue weighted by Gasteiger charge is -2.33. The first-order chi connectivity index (χ1) is 38.2. The molecule has 16 nitrogen and oxygen atoms in total. The van der Waals surface area contributed by atoms with Crippen molar-refractivity contribution in [3.8, 4) is 93.0 Å². The molecule has 12 aromatic rings. The van der Waals surface area contributed by atoms with Gasteiger partial charge in [-0.25, -0.2) is 20.4 Å². The molecule has 4 N–H and O–H groups in total. The summed E-state index contributed by atoms with van der Waals surface area (Å²) in [6.45, 7) is 0. The first kappa shape index (κ1) is 47.2. The van der Waals surface area contributed by atoms with E-state index in [4.69, 9.17) is 58.3 Å². The van der Waals surface area contributed by atoms with Gasteiger partial charge >= 0.3 is 0 Å². The number of benzene rings is 8. The van der Waals surface area contributed by atoms with Crippen LogP contribution in [-0.4, -0.2) is 48.9 Å². The Hall–Kier alpha value is -10.8. The van der Waals surface area contributed by atoms with Gasteiger partial charge in [0.05, 0.1) is 20.7 Å². The maximum Gasteiger partial charge on any atom is 0.242 e. The number of ether oxygens (including phenoxy) is 8. The average Bonchev–Trinajstić information content (AvgIpc) is 4.48. The van der Waals surface area contributed by atoms with Gasteiger partial charge in [0.1, 0.15) is 46.0 Å². The molecule has 0 saturated heterocycles. The molecule has 4 heterocycles. The molecule has 0 bridgehead atoms. The molecular formula is C60H44N8O8Si. The van der Waals surface area contributed by atoms with E-state index in [1.54, 1.807) is 0 Å². The van der Waals surface area contributed by atoms with Crippen molar-refractivity contribution in [1.29, 1.82) is 0 Å². The zero-order valence-corrected chi connectivity index (χ0v) is 41.6. The highest BCUT2D eigenvalue weighted by atomic mass is 28.3. The first-order valence-electron chi connectivity index (χ1n) is 24.3. The number of H-pyrrole nitrogens is 4. The van der Waals surface area contributed by atoms with Crippen LogP contribution in [0.1, 0.15) is 0 Å². The summed E-state index contributed by atoms with van der Waals surface area (Å²) in [4.78, 5) is 0. The van der Waals surface area contributed by atoms with E-state index >= 15 is 0 Å². The largest absolute Gasteiger partial charge is 0.439 e. The van der Waals surface area contributed by atoms with Crippen LogP contribution in [0.2, 0.25) is 0 Å². The number of hydrogen-bond donors (Lipinski definition) is 4. The highest BCUT2D eigenvalue weighted by Gasteiger charge is 2.61. The Morgan fingerprint density at radius 2 is 0.364 bits per heavy atom. The quantitative estimate of drug-likeness (QED) is 0.0530. The van der Waals surface area contributed by atoms with Crippen molar-refractivity contribution in [2.24, 2.45) is 0 Å². The normalized spacial score (nSPS) is 11.1. The number of nitrogens with zero attached hydrogens (tertiary/aromatic N) is 4. The molecule has 0 saturated carbocycles. The fourth-order valence-electron chi connectivity index (χ4n) is 8.73. The van der Waals surface area contributed by atoms with Crippen molar-refractivity contribution in [2.75, 3.05) is 0 Å². The van der Waals surface area contributed by atoms with Gasteiger partial charge in [-0.15, -0.1) is 20.4 Å². The van der Waals surface area contributed by atoms with Gasteiger partial charge in [0.25, 0.3) is 0 Å². The topological polar surface area (TPSA) is 189 Å². The highest BCUT2D eigenvalue weighted by molar-refractivity contribution is 7.22. The molecule has 0 unspecified atom stereocenters. The molecule has 8 aromatic carbocycles. The van der Waals surface area contributed by atoms with E-state index in [1.165, 1.54) is 0 Å². The summed E-state index contributed by atoms with van der Waals surface area (Å²) in [5.41, 5.74) is 0. The van der Waals surface area contributed by atoms with Gasteiger partial charge in [-0.05, 0) is 97.1 Å². The lowest BCUT2D eigenvalue weighted by Crippen LogP contribution is -2.75. The standard InChI is InChI=1S/C60H44N8O8Si/c1-9-25-41(26-10-1)69-53-49(54(62-61-53)70-42-27-11-2-12-28-42)77(50-55(71-43-29-13-3-14-30-43)63-64-56(50)72-44-31-15-4-16-32-44,51-57(73-45-33-17-5-18-34-45)65-66-58(51)74-46-35-19-6-20-36-46)52-59(75-47-37-21-7-22-38-47)67-68-60(52)76-48-39-23-8-24-40-48/h1-40H,(H,61,62)(H,63,64)(H,65,66)(H,67,68). The van der Waals surface area contributed by atoms with Crippen molar-refractivity contribution in [1.82, 2.24) is 40.8 Å². The molecule has 0 radical (unpaired) electrons. The fourth-order valence-corrected chi connectivity index (χ4v) is 13.7. The molecule has 376 valence electrons. The van der Waals surface area contributed by atoms with Gasteiger partial charge in [0.15, 0.2) is 0 Å². The van der Waals surface area contributed by atoms with Gasteiger partial charge in [0, 0.05) is 0 Å². The molecule has 0 amide bonds. The van der Waals surface area contributed by atoms with Crippen LogP contribution in [0.15, 0.2) is 243 Å². The monoisotopic (exact) mass is 1030 g/mol. The van der Waals surface area contributed by atoms with E-state index < -0.39 is 8.07 Å². The number of rotatable bonds is 20. The smallest absolute Gasteiger partial charge is 0.242 e. The lowest BCUT2D eigenvalue weighted by atomic mass is 10.3. The SMILES string of the molecule is c1ccc(Oc2n[nH]c(Oc3ccccc3)c2[Si](c2c(Oc3ccccc3)n[nH]c2Oc2ccccc2)(c2c(Oc3ccccc3)n[nH]c2Oc2ccccc2)c2c(Oc3ccccc3)n[nH]c2Oc2ccccc2)cc1. The Kier molecular flexibility index (Phi) is 13.3. The minimum Gasteiger partial charge on any atom is -0.439 e. The third kappa shape index (κ3) is 10.0. The number of para-hydroxylation sites is 8. The molecule has 4 aromatic heterocycles. The molecule has 0 aliphatic heterocycles. The maximum absolute atomic E-state index is 7.08. The van der Waals surface area contributed by atoms with Crippen molar-refractivity contribution in [3.63, 3.8) is 0 Å². The molecule has 77 heavy (non-hydrogen) atoms. The number of hydrogen-bond acceptors (Lipinski definition) is 12. The van der Waals surface area contributed by atoms with Gasteiger partial charge in [0.2, 0.25) is 55.1 Å². The van der Waals surface area contributed by atoms with Crippen molar-refractivity contribution in [2.45, 2.75) is 0 Å². The van der Waals surface area contributed by atoms with E-state index in [-0.39, 0.29) is 67.8 Å². The predicted molar refractivity (Wildman–Crippen MR) is 291 cm³/mol.